The third-order valence-corrected chi connectivity index (χ3v) is 5.26. The fourth-order valence-corrected chi connectivity index (χ4v) is 3.34. The summed E-state index contributed by atoms with van der Waals surface area (Å²) >= 11 is 5.97. The van der Waals surface area contributed by atoms with E-state index >= 15 is 0 Å². The van der Waals surface area contributed by atoms with E-state index in [1.54, 1.807) is 30.3 Å². The second-order valence-corrected chi connectivity index (χ2v) is 8.57. The van der Waals surface area contributed by atoms with E-state index in [2.05, 4.69) is 9.97 Å². The van der Waals surface area contributed by atoms with Gasteiger partial charge in [-0.2, -0.15) is 0 Å². The van der Waals surface area contributed by atoms with Gasteiger partial charge in [0.1, 0.15) is 0 Å². The molecule has 1 atom stereocenters. The Labute approximate surface area is 172 Å². The summed E-state index contributed by atoms with van der Waals surface area (Å²) in [5, 5.41) is -0.752. The fourth-order valence-electron chi connectivity index (χ4n) is 2.67. The molecule has 154 valence electrons. The van der Waals surface area contributed by atoms with Crippen molar-refractivity contribution >= 4 is 33.3 Å². The lowest BCUT2D eigenvalue weighted by molar-refractivity contribution is -0.145. The monoisotopic (exact) mass is 439 g/mol. The van der Waals surface area contributed by atoms with E-state index in [4.69, 9.17) is 21.1 Å². The largest absolute Gasteiger partial charge is 0.443 e. The molecule has 1 fully saturated rings. The Morgan fingerprint density at radius 1 is 1.21 bits per heavy atom. The van der Waals surface area contributed by atoms with Gasteiger partial charge in [-0.1, -0.05) is 41.9 Å². The quantitative estimate of drug-likeness (QED) is 0.505. The molecule has 0 saturated carbocycles. The number of carbonyl (C=O) groups is 2. The Morgan fingerprint density at radius 3 is 2.48 bits per heavy atom. The minimum atomic E-state index is -3.77. The molecule has 1 aromatic carbocycles. The van der Waals surface area contributed by atoms with Gasteiger partial charge in [0.15, 0.2) is 5.69 Å². The van der Waals surface area contributed by atoms with Gasteiger partial charge in [-0.15, -0.1) is 0 Å². The molecule has 0 N–H and O–H groups in total. The second kappa shape index (κ2) is 8.85. The van der Waals surface area contributed by atoms with E-state index in [0.29, 0.717) is 31.9 Å². The van der Waals surface area contributed by atoms with E-state index < -0.39 is 38.7 Å². The molecule has 2 heterocycles. The first-order valence-electron chi connectivity index (χ1n) is 8.62. The van der Waals surface area contributed by atoms with Crippen molar-refractivity contribution in [2.75, 3.05) is 32.6 Å². The molecule has 1 saturated heterocycles. The second-order valence-electron chi connectivity index (χ2n) is 6.25. The molecule has 1 aliphatic heterocycles. The zero-order chi connectivity index (χ0) is 21.0. The minimum Gasteiger partial charge on any atom is -0.443 e. The lowest BCUT2D eigenvalue weighted by atomic mass is 10.1. The number of benzene rings is 1. The lowest BCUT2D eigenvalue weighted by Crippen LogP contribution is -2.44. The maximum Gasteiger partial charge on any atom is 0.359 e. The zero-order valence-corrected chi connectivity index (χ0v) is 17.0. The van der Waals surface area contributed by atoms with Crippen LogP contribution in [0, 0.1) is 0 Å². The highest BCUT2D eigenvalue weighted by molar-refractivity contribution is 7.90. The summed E-state index contributed by atoms with van der Waals surface area (Å²) in [6.45, 7) is 1.51. The molecule has 1 aliphatic rings. The first kappa shape index (κ1) is 21.2. The Balaban J connectivity index is 1.92. The number of carbonyl (C=O) groups excluding carboxylic acids is 2. The maximum atomic E-state index is 13.0. The first-order chi connectivity index (χ1) is 13.8. The lowest BCUT2D eigenvalue weighted by Gasteiger charge is -2.30. The van der Waals surface area contributed by atoms with Gasteiger partial charge in [-0.05, 0) is 0 Å². The smallest absolute Gasteiger partial charge is 0.359 e. The highest BCUT2D eigenvalue weighted by Crippen LogP contribution is 2.24. The summed E-state index contributed by atoms with van der Waals surface area (Å²) in [5.74, 6) is -1.45. The Morgan fingerprint density at radius 2 is 1.86 bits per heavy atom. The summed E-state index contributed by atoms with van der Waals surface area (Å²) in [6.07, 6.45) is 0.664. The van der Waals surface area contributed by atoms with Crippen LogP contribution in [0.2, 0.25) is 5.02 Å². The summed E-state index contributed by atoms with van der Waals surface area (Å²) < 4.78 is 34.1. The zero-order valence-electron chi connectivity index (χ0n) is 15.4. The minimum absolute atomic E-state index is 0.187. The van der Waals surface area contributed by atoms with Gasteiger partial charge < -0.3 is 14.4 Å². The number of hydrogen-bond donors (Lipinski definition) is 0. The average molecular weight is 440 g/mol. The van der Waals surface area contributed by atoms with Crippen molar-refractivity contribution in [1.29, 1.82) is 0 Å². The van der Waals surface area contributed by atoms with E-state index in [9.17, 15) is 18.0 Å². The molecule has 1 amide bonds. The molecule has 0 radical (unpaired) electrons. The predicted molar refractivity (Wildman–Crippen MR) is 102 cm³/mol. The van der Waals surface area contributed by atoms with Crippen molar-refractivity contribution < 1.29 is 27.5 Å². The Bertz CT molecular complexity index is 1010. The molecule has 0 bridgehead atoms. The number of nitrogens with zero attached hydrogens (tertiary/aromatic N) is 3. The van der Waals surface area contributed by atoms with Gasteiger partial charge in [0.05, 0.1) is 24.4 Å². The average Bonchev–Trinajstić information content (AvgIpc) is 2.72. The van der Waals surface area contributed by atoms with Crippen LogP contribution in [0.3, 0.4) is 0 Å². The van der Waals surface area contributed by atoms with Gasteiger partial charge >= 0.3 is 5.97 Å². The van der Waals surface area contributed by atoms with Crippen molar-refractivity contribution in [2.45, 2.75) is 11.3 Å². The van der Waals surface area contributed by atoms with Crippen molar-refractivity contribution in [3.63, 3.8) is 0 Å². The summed E-state index contributed by atoms with van der Waals surface area (Å²) in [4.78, 5) is 34.6. The van der Waals surface area contributed by atoms with E-state index in [-0.39, 0.29) is 5.02 Å². The van der Waals surface area contributed by atoms with Crippen LogP contribution in [0.5, 0.6) is 0 Å². The van der Waals surface area contributed by atoms with Crippen LogP contribution in [-0.4, -0.2) is 67.7 Å². The fraction of sp³-hybridized carbons (Fsp3) is 0.333. The van der Waals surface area contributed by atoms with E-state index in [1.165, 1.54) is 4.90 Å². The first-order valence-corrected chi connectivity index (χ1v) is 10.9. The summed E-state index contributed by atoms with van der Waals surface area (Å²) in [7, 11) is -3.77. The van der Waals surface area contributed by atoms with Crippen molar-refractivity contribution in [1.82, 2.24) is 14.9 Å². The van der Waals surface area contributed by atoms with E-state index in [0.717, 1.165) is 12.5 Å². The van der Waals surface area contributed by atoms with Crippen LogP contribution >= 0.6 is 11.6 Å². The number of rotatable bonds is 5. The number of aromatic nitrogens is 2. The van der Waals surface area contributed by atoms with Crippen molar-refractivity contribution in [2.24, 2.45) is 0 Å². The third kappa shape index (κ3) is 5.08. The van der Waals surface area contributed by atoms with Crippen molar-refractivity contribution in [3.05, 3.63) is 52.8 Å². The van der Waals surface area contributed by atoms with Crippen LogP contribution in [0.4, 0.5) is 0 Å². The number of esters is 1. The Kier molecular flexibility index (Phi) is 6.46. The highest BCUT2D eigenvalue weighted by atomic mass is 35.5. The molecular weight excluding hydrogens is 422 g/mol. The van der Waals surface area contributed by atoms with E-state index in [1.807, 2.05) is 0 Å². The molecule has 3 rings (SSSR count). The molecule has 2 aromatic rings. The summed E-state index contributed by atoms with van der Waals surface area (Å²) in [6, 6.07) is 8.49. The molecule has 1 unspecified atom stereocenters. The van der Waals surface area contributed by atoms with Gasteiger partial charge in [0.2, 0.25) is 21.1 Å². The SMILES string of the molecule is CS(=O)(=O)c1ncc(Cl)c(C(=O)OC(C(=O)N2CCOCC2)c2ccccc2)n1. The number of sulfone groups is 1. The molecule has 1 aromatic heterocycles. The van der Waals surface area contributed by atoms with Gasteiger partial charge in [-0.3, -0.25) is 4.79 Å². The Hall–Kier alpha value is -2.56. The molecule has 29 heavy (non-hydrogen) atoms. The van der Waals surface area contributed by atoms with Crippen LogP contribution in [0.15, 0.2) is 41.7 Å². The van der Waals surface area contributed by atoms with Crippen molar-refractivity contribution in [3.8, 4) is 0 Å². The molecular formula is C18H18ClN3O6S. The normalized spacial score (nSPS) is 15.6. The van der Waals surface area contributed by atoms with Crippen LogP contribution in [0.25, 0.3) is 0 Å². The molecule has 9 nitrogen and oxygen atoms in total. The number of ether oxygens (including phenoxy) is 2. The van der Waals surface area contributed by atoms with Gasteiger partial charge in [0, 0.05) is 24.9 Å². The molecule has 0 aliphatic carbocycles. The topological polar surface area (TPSA) is 116 Å². The standard InChI is InChI=1S/C18H18ClN3O6S/c1-29(25,26)18-20-11-13(19)14(21-18)17(24)28-15(12-5-3-2-4-6-12)16(23)22-7-9-27-10-8-22/h2-6,11,15H,7-10H2,1H3. The summed E-state index contributed by atoms with van der Waals surface area (Å²) in [5.41, 5.74) is 0.0312. The predicted octanol–water partition coefficient (Wildman–Crippen LogP) is 1.29. The number of amides is 1. The van der Waals surface area contributed by atoms with Crippen LogP contribution in [-0.2, 0) is 24.1 Å². The van der Waals surface area contributed by atoms with Crippen LogP contribution < -0.4 is 0 Å². The number of morpholine rings is 1. The number of halogens is 1. The number of hydrogen-bond acceptors (Lipinski definition) is 8. The molecule has 0 spiro atoms. The van der Waals surface area contributed by atoms with Crippen LogP contribution in [0.1, 0.15) is 22.2 Å². The highest BCUT2D eigenvalue weighted by Gasteiger charge is 2.32. The molecule has 11 heteroatoms. The maximum absolute atomic E-state index is 13.0. The van der Waals surface area contributed by atoms with Gasteiger partial charge in [-0.25, -0.2) is 23.2 Å². The van der Waals surface area contributed by atoms with Gasteiger partial charge in [0.25, 0.3) is 5.91 Å². The third-order valence-electron chi connectivity index (χ3n) is 4.12.